The highest BCUT2D eigenvalue weighted by atomic mass is 32.2. The summed E-state index contributed by atoms with van der Waals surface area (Å²) in [6, 6.07) is 7.89. The van der Waals surface area contributed by atoms with Crippen LogP contribution in [0.5, 0.6) is 0 Å². The van der Waals surface area contributed by atoms with Gasteiger partial charge in [0.2, 0.25) is 10.0 Å². The molecule has 1 aromatic rings. The number of benzene rings is 1. The first kappa shape index (κ1) is 23.9. The van der Waals surface area contributed by atoms with Gasteiger partial charge < -0.3 is 10.2 Å². The molecule has 0 radical (unpaired) electrons. The van der Waals surface area contributed by atoms with Gasteiger partial charge in [0.15, 0.2) is 0 Å². The van der Waals surface area contributed by atoms with Crippen LogP contribution in [-0.4, -0.2) is 42.9 Å². The van der Waals surface area contributed by atoms with Crippen molar-refractivity contribution in [2.24, 2.45) is 5.14 Å². The lowest BCUT2D eigenvalue weighted by Gasteiger charge is -1.93. The zero-order valence-electron chi connectivity index (χ0n) is 11.2. The highest BCUT2D eigenvalue weighted by molar-refractivity contribution is 7.89. The molecule has 0 aliphatic carbocycles. The number of carboxylic acid groups (broad SMARTS) is 2. The maximum absolute atomic E-state index is 10.6. The van der Waals surface area contributed by atoms with Gasteiger partial charge in [0, 0.05) is 0 Å². The molecule has 0 aliphatic rings. The molecule has 0 saturated heterocycles. The lowest BCUT2D eigenvalue weighted by atomic mass is 10.4. The van der Waals surface area contributed by atoms with E-state index in [2.05, 4.69) is 0 Å². The molecule has 0 heterocycles. The van der Waals surface area contributed by atoms with Crippen LogP contribution in [0.1, 0.15) is 0 Å². The first-order chi connectivity index (χ1) is 10.5. The highest BCUT2D eigenvalue weighted by Gasteiger charge is 2.38. The van der Waals surface area contributed by atoms with Gasteiger partial charge in [0.1, 0.15) is 0 Å². The van der Waals surface area contributed by atoms with Crippen molar-refractivity contribution in [2.45, 2.75) is 17.2 Å². The average molecular weight is 385 g/mol. The van der Waals surface area contributed by atoms with Gasteiger partial charge in [0.05, 0.1) is 4.90 Å². The third-order valence-electron chi connectivity index (χ3n) is 1.56. The van der Waals surface area contributed by atoms with Crippen LogP contribution in [0.3, 0.4) is 0 Å². The summed E-state index contributed by atoms with van der Waals surface area (Å²) < 4.78 is 84.7. The normalized spacial score (nSPS) is 11.3. The van der Waals surface area contributed by atoms with Crippen molar-refractivity contribution < 1.29 is 54.6 Å². The SMILES string of the molecule is NS(=O)(=O)c1ccccc1.O=C(O)C(F)(F)F.O=C(O)C(F)(F)F. The molecule has 0 spiro atoms. The van der Waals surface area contributed by atoms with Crippen molar-refractivity contribution in [3.63, 3.8) is 0 Å². The molecule has 7 nitrogen and oxygen atoms in total. The van der Waals surface area contributed by atoms with Crippen LogP contribution in [-0.2, 0) is 19.6 Å². The van der Waals surface area contributed by atoms with Gasteiger partial charge >= 0.3 is 24.3 Å². The fourth-order valence-corrected chi connectivity index (χ4v) is 1.15. The van der Waals surface area contributed by atoms with Crippen molar-refractivity contribution in [2.75, 3.05) is 0 Å². The molecular weight excluding hydrogens is 376 g/mol. The zero-order chi connectivity index (χ0) is 19.8. The monoisotopic (exact) mass is 385 g/mol. The second-order valence-electron chi connectivity index (χ2n) is 3.46. The van der Waals surface area contributed by atoms with Crippen molar-refractivity contribution in [1.82, 2.24) is 0 Å². The van der Waals surface area contributed by atoms with Crippen molar-refractivity contribution >= 4 is 22.0 Å². The van der Waals surface area contributed by atoms with Gasteiger partial charge in [-0.1, -0.05) is 18.2 Å². The third kappa shape index (κ3) is 12.2. The van der Waals surface area contributed by atoms with Gasteiger partial charge in [-0.3, -0.25) is 0 Å². The standard InChI is InChI=1S/C6H7NO2S.2C2HF3O2/c7-10(8,9)6-4-2-1-3-5-6;2*3-2(4,5)1(6)7/h1-5H,(H2,7,8,9);2*(H,6,7). The summed E-state index contributed by atoms with van der Waals surface area (Å²) >= 11 is 0. The molecule has 0 aliphatic heterocycles. The molecule has 0 aromatic heterocycles. The average Bonchev–Trinajstić information content (AvgIpc) is 2.38. The summed E-state index contributed by atoms with van der Waals surface area (Å²) in [6.07, 6.45) is -10.2. The summed E-state index contributed by atoms with van der Waals surface area (Å²) in [6.45, 7) is 0. The van der Waals surface area contributed by atoms with Gasteiger partial charge in [-0.2, -0.15) is 26.3 Å². The molecule has 138 valence electrons. The Labute approximate surface area is 130 Å². The summed E-state index contributed by atoms with van der Waals surface area (Å²) in [5.74, 6) is -5.51. The number of carbonyl (C=O) groups is 2. The van der Waals surface area contributed by atoms with E-state index < -0.39 is 34.3 Å². The first-order valence-corrected chi connectivity index (χ1v) is 6.72. The summed E-state index contributed by atoms with van der Waals surface area (Å²) in [5.41, 5.74) is 0. The second kappa shape index (κ2) is 9.07. The fourth-order valence-electron chi connectivity index (χ4n) is 0.610. The van der Waals surface area contributed by atoms with Gasteiger partial charge in [-0.25, -0.2) is 23.1 Å². The molecule has 0 unspecified atom stereocenters. The van der Waals surface area contributed by atoms with E-state index in [4.69, 9.17) is 24.9 Å². The molecule has 0 bridgehead atoms. The molecule has 24 heavy (non-hydrogen) atoms. The molecule has 0 saturated carbocycles. The topological polar surface area (TPSA) is 135 Å². The molecule has 1 aromatic carbocycles. The number of primary sulfonamides is 1. The minimum Gasteiger partial charge on any atom is -0.475 e. The lowest BCUT2D eigenvalue weighted by Crippen LogP contribution is -2.21. The fraction of sp³-hybridized carbons (Fsp3) is 0.200. The number of hydrogen-bond donors (Lipinski definition) is 3. The van der Waals surface area contributed by atoms with E-state index in [9.17, 15) is 34.8 Å². The Morgan fingerprint density at radius 2 is 1.08 bits per heavy atom. The largest absolute Gasteiger partial charge is 0.490 e. The van der Waals surface area contributed by atoms with Crippen molar-refractivity contribution in [3.8, 4) is 0 Å². The van der Waals surface area contributed by atoms with E-state index in [-0.39, 0.29) is 4.90 Å². The lowest BCUT2D eigenvalue weighted by molar-refractivity contribution is -0.193. The van der Waals surface area contributed by atoms with Gasteiger partial charge in [-0.05, 0) is 12.1 Å². The number of rotatable bonds is 1. The van der Waals surface area contributed by atoms with Crippen molar-refractivity contribution in [3.05, 3.63) is 30.3 Å². The summed E-state index contributed by atoms with van der Waals surface area (Å²) in [7, 11) is -3.50. The van der Waals surface area contributed by atoms with E-state index in [1.807, 2.05) is 0 Å². The quantitative estimate of drug-likeness (QED) is 0.629. The number of alkyl halides is 6. The first-order valence-electron chi connectivity index (χ1n) is 5.17. The second-order valence-corrected chi connectivity index (χ2v) is 5.03. The minimum atomic E-state index is -5.08. The third-order valence-corrected chi connectivity index (χ3v) is 2.49. The van der Waals surface area contributed by atoms with E-state index >= 15 is 0 Å². The van der Waals surface area contributed by atoms with Crippen LogP contribution < -0.4 is 5.14 Å². The molecule has 14 heteroatoms. The Morgan fingerprint density at radius 3 is 1.21 bits per heavy atom. The van der Waals surface area contributed by atoms with E-state index in [0.717, 1.165) is 0 Å². The molecule has 1 rings (SSSR count). The Morgan fingerprint density at radius 1 is 0.833 bits per heavy atom. The minimum absolute atomic E-state index is 0.148. The maximum atomic E-state index is 10.6. The van der Waals surface area contributed by atoms with Crippen LogP contribution in [0.15, 0.2) is 35.2 Å². The zero-order valence-corrected chi connectivity index (χ0v) is 12.0. The van der Waals surface area contributed by atoms with E-state index in [1.165, 1.54) is 12.1 Å². The predicted molar refractivity (Wildman–Crippen MR) is 65.2 cm³/mol. The Hall–Kier alpha value is -2.35. The smallest absolute Gasteiger partial charge is 0.475 e. The van der Waals surface area contributed by atoms with Gasteiger partial charge in [-0.15, -0.1) is 0 Å². The van der Waals surface area contributed by atoms with Crippen LogP contribution >= 0.6 is 0 Å². The molecule has 4 N–H and O–H groups in total. The number of hydrogen-bond acceptors (Lipinski definition) is 4. The number of sulfonamides is 1. The Bertz CT molecular complexity index is 616. The van der Waals surface area contributed by atoms with Crippen LogP contribution in [0.25, 0.3) is 0 Å². The van der Waals surface area contributed by atoms with E-state index in [0.29, 0.717) is 0 Å². The van der Waals surface area contributed by atoms with Crippen LogP contribution in [0.2, 0.25) is 0 Å². The number of nitrogens with two attached hydrogens (primary N) is 1. The van der Waals surface area contributed by atoms with E-state index in [1.54, 1.807) is 18.2 Å². The van der Waals surface area contributed by atoms with Crippen molar-refractivity contribution in [1.29, 1.82) is 0 Å². The Balaban J connectivity index is 0. The summed E-state index contributed by atoms with van der Waals surface area (Å²) in [5, 5.41) is 19.1. The predicted octanol–water partition coefficient (Wildman–Crippen LogP) is 1.60. The molecule has 0 fully saturated rings. The number of halogens is 6. The maximum Gasteiger partial charge on any atom is 0.490 e. The summed E-state index contributed by atoms with van der Waals surface area (Å²) in [4.78, 5) is 17.9. The van der Waals surface area contributed by atoms with Crippen LogP contribution in [0.4, 0.5) is 26.3 Å². The molecule has 0 amide bonds. The number of aliphatic carboxylic acids is 2. The van der Waals surface area contributed by atoms with Gasteiger partial charge in [0.25, 0.3) is 0 Å². The molecule has 0 atom stereocenters. The number of carboxylic acids is 2. The Kier molecular flexibility index (Phi) is 9.04. The molecular formula is C10H9F6NO6S. The van der Waals surface area contributed by atoms with Crippen LogP contribution in [0, 0.1) is 0 Å². The highest BCUT2D eigenvalue weighted by Crippen LogP contribution is 2.13.